The SMILES string of the molecule is Cc1cc(C#Cc2cc(C#Cc3cc(C(F)(F)F)nc(C(F)(F)F)c3)c(CC#N)c(F)c2CC#N)cc(C(F)(F)F)n1. The monoisotopic (exact) mass is 594 g/mol. The molecule has 0 aliphatic heterocycles. The Morgan fingerprint density at radius 2 is 0.976 bits per heavy atom. The number of alkyl halides is 9. The molecule has 0 fully saturated rings. The van der Waals surface area contributed by atoms with Crippen molar-refractivity contribution in [2.24, 2.45) is 0 Å². The van der Waals surface area contributed by atoms with Crippen LogP contribution in [0.1, 0.15) is 56.2 Å². The van der Waals surface area contributed by atoms with Gasteiger partial charge in [-0.05, 0) is 37.3 Å². The van der Waals surface area contributed by atoms with Gasteiger partial charge in [0.25, 0.3) is 0 Å². The Labute approximate surface area is 231 Å². The van der Waals surface area contributed by atoms with Crippen molar-refractivity contribution in [3.05, 3.63) is 92.3 Å². The first-order chi connectivity index (χ1) is 19.4. The Morgan fingerprint density at radius 1 is 0.595 bits per heavy atom. The second kappa shape index (κ2) is 11.8. The summed E-state index contributed by atoms with van der Waals surface area (Å²) in [5, 5.41) is 18.3. The summed E-state index contributed by atoms with van der Waals surface area (Å²) in [4.78, 5) is 5.95. The number of benzene rings is 1. The van der Waals surface area contributed by atoms with Crippen LogP contribution in [0.5, 0.6) is 0 Å². The van der Waals surface area contributed by atoms with E-state index in [-0.39, 0.29) is 40.1 Å². The predicted molar refractivity (Wildman–Crippen MR) is 125 cm³/mol. The molecule has 0 saturated carbocycles. The molecule has 0 atom stereocenters. The Hall–Kier alpha value is -5.08. The first-order valence-corrected chi connectivity index (χ1v) is 11.3. The summed E-state index contributed by atoms with van der Waals surface area (Å²) in [5.74, 6) is 8.02. The standard InChI is InChI=1S/C28H12F10N4/c1-15-10-16(11-22(41-15)26(30,31)32)2-4-18-14-19(21(7-9-40)25(29)20(18)6-8-39)5-3-17-12-23(27(33,34)35)42-24(13-17)28(36,37)38/h10-14H,6-7H2,1H3. The van der Waals surface area contributed by atoms with Crippen molar-refractivity contribution in [2.45, 2.75) is 38.3 Å². The van der Waals surface area contributed by atoms with Crippen molar-refractivity contribution in [1.29, 1.82) is 10.5 Å². The summed E-state index contributed by atoms with van der Waals surface area (Å²) in [5.41, 5.74) is -7.39. The van der Waals surface area contributed by atoms with E-state index in [4.69, 9.17) is 10.5 Å². The van der Waals surface area contributed by atoms with Gasteiger partial charge in [-0.15, -0.1) is 0 Å². The summed E-state index contributed by atoms with van der Waals surface area (Å²) in [6.45, 7) is 1.28. The van der Waals surface area contributed by atoms with E-state index in [2.05, 4.69) is 33.6 Å². The van der Waals surface area contributed by atoms with E-state index >= 15 is 4.39 Å². The molecule has 2 heterocycles. The molecule has 42 heavy (non-hydrogen) atoms. The molecule has 1 aromatic carbocycles. The Kier molecular flexibility index (Phi) is 8.84. The predicted octanol–water partition coefficient (Wildman–Crippen LogP) is 6.91. The third-order valence-corrected chi connectivity index (χ3v) is 5.31. The van der Waals surface area contributed by atoms with Gasteiger partial charge in [0.1, 0.15) is 22.9 Å². The molecule has 3 rings (SSSR count). The third-order valence-electron chi connectivity index (χ3n) is 5.31. The molecule has 3 aromatic rings. The lowest BCUT2D eigenvalue weighted by atomic mass is 9.94. The van der Waals surface area contributed by atoms with Crippen LogP contribution in [0.2, 0.25) is 0 Å². The smallest absolute Gasteiger partial charge is 0.249 e. The van der Waals surface area contributed by atoms with E-state index in [1.54, 1.807) is 12.1 Å². The summed E-state index contributed by atoms with van der Waals surface area (Å²) < 4.78 is 134. The minimum atomic E-state index is -5.26. The molecular weight excluding hydrogens is 582 g/mol. The van der Waals surface area contributed by atoms with Crippen LogP contribution in [0.15, 0.2) is 30.3 Å². The highest BCUT2D eigenvalue weighted by Gasteiger charge is 2.38. The second-order valence-electron chi connectivity index (χ2n) is 8.41. The molecule has 0 saturated heterocycles. The van der Waals surface area contributed by atoms with E-state index < -0.39 is 65.4 Å². The van der Waals surface area contributed by atoms with Crippen LogP contribution in [-0.2, 0) is 31.4 Å². The van der Waals surface area contributed by atoms with Gasteiger partial charge in [0.2, 0.25) is 0 Å². The number of hydrogen-bond acceptors (Lipinski definition) is 4. The van der Waals surface area contributed by atoms with Crippen LogP contribution in [0.4, 0.5) is 43.9 Å². The first-order valence-electron chi connectivity index (χ1n) is 11.3. The molecule has 0 spiro atoms. The van der Waals surface area contributed by atoms with E-state index in [0.29, 0.717) is 6.07 Å². The summed E-state index contributed by atoms with van der Waals surface area (Å²) in [6.07, 6.45) is -16.6. The van der Waals surface area contributed by atoms with Gasteiger partial charge in [0.05, 0.1) is 25.0 Å². The van der Waals surface area contributed by atoms with E-state index in [1.165, 1.54) is 13.0 Å². The van der Waals surface area contributed by atoms with Gasteiger partial charge in [-0.2, -0.15) is 50.0 Å². The molecule has 0 N–H and O–H groups in total. The minimum absolute atomic E-state index is 0.0396. The van der Waals surface area contributed by atoms with Crippen molar-refractivity contribution >= 4 is 0 Å². The molecule has 2 aromatic heterocycles. The molecule has 0 amide bonds. The number of halogens is 10. The molecule has 0 bridgehead atoms. The fourth-order valence-corrected chi connectivity index (χ4v) is 3.52. The average Bonchev–Trinajstić information content (AvgIpc) is 2.87. The van der Waals surface area contributed by atoms with Gasteiger partial charge >= 0.3 is 18.5 Å². The van der Waals surface area contributed by atoms with Crippen LogP contribution in [-0.4, -0.2) is 9.97 Å². The highest BCUT2D eigenvalue weighted by Crippen LogP contribution is 2.34. The molecule has 0 aliphatic carbocycles. The molecule has 0 unspecified atom stereocenters. The van der Waals surface area contributed by atoms with E-state index in [1.807, 2.05) is 0 Å². The highest BCUT2D eigenvalue weighted by atomic mass is 19.4. The van der Waals surface area contributed by atoms with E-state index in [9.17, 15) is 39.5 Å². The second-order valence-corrected chi connectivity index (χ2v) is 8.41. The largest absolute Gasteiger partial charge is 0.433 e. The molecule has 0 radical (unpaired) electrons. The number of hydrogen-bond donors (Lipinski definition) is 0. The first kappa shape index (κ1) is 31.4. The lowest BCUT2D eigenvalue weighted by molar-refractivity contribution is -0.150. The van der Waals surface area contributed by atoms with Crippen LogP contribution in [0, 0.1) is 59.1 Å². The van der Waals surface area contributed by atoms with Crippen LogP contribution in [0.25, 0.3) is 0 Å². The molecule has 4 nitrogen and oxygen atoms in total. The zero-order chi connectivity index (χ0) is 31.5. The number of rotatable bonds is 2. The highest BCUT2D eigenvalue weighted by molar-refractivity contribution is 5.57. The minimum Gasteiger partial charge on any atom is -0.249 e. The van der Waals surface area contributed by atoms with Gasteiger partial charge in [-0.1, -0.05) is 23.7 Å². The van der Waals surface area contributed by atoms with Gasteiger partial charge in [0.15, 0.2) is 0 Å². The lowest BCUT2D eigenvalue weighted by Gasteiger charge is -2.11. The quantitative estimate of drug-likeness (QED) is 0.239. The van der Waals surface area contributed by atoms with Crippen molar-refractivity contribution in [3.63, 3.8) is 0 Å². The Bertz CT molecular complexity index is 1720. The zero-order valence-electron chi connectivity index (χ0n) is 20.9. The van der Waals surface area contributed by atoms with Gasteiger partial charge in [-0.25, -0.2) is 14.4 Å². The normalized spacial score (nSPS) is 11.5. The van der Waals surface area contributed by atoms with Gasteiger partial charge in [0, 0.05) is 39.1 Å². The topological polar surface area (TPSA) is 73.4 Å². The van der Waals surface area contributed by atoms with Crippen molar-refractivity contribution in [2.75, 3.05) is 0 Å². The Morgan fingerprint density at radius 3 is 1.36 bits per heavy atom. The maximum Gasteiger partial charge on any atom is 0.433 e. The molecule has 14 heteroatoms. The average molecular weight is 594 g/mol. The lowest BCUT2D eigenvalue weighted by Crippen LogP contribution is -2.15. The fourth-order valence-electron chi connectivity index (χ4n) is 3.52. The number of aromatic nitrogens is 2. The fraction of sp³-hybridized carbons (Fsp3) is 0.214. The van der Waals surface area contributed by atoms with Crippen molar-refractivity contribution in [3.8, 4) is 35.8 Å². The number of aryl methyl sites for hydroxylation is 1. The Balaban J connectivity index is 2.25. The maximum atomic E-state index is 15.4. The number of nitrogens with zero attached hydrogens (tertiary/aromatic N) is 4. The van der Waals surface area contributed by atoms with Crippen LogP contribution in [0.3, 0.4) is 0 Å². The van der Waals surface area contributed by atoms with Crippen LogP contribution >= 0.6 is 0 Å². The zero-order valence-corrected chi connectivity index (χ0v) is 20.9. The molecular formula is C28H12F10N4. The molecule has 214 valence electrons. The van der Waals surface area contributed by atoms with Crippen LogP contribution < -0.4 is 0 Å². The van der Waals surface area contributed by atoms with Gasteiger partial charge in [-0.3, -0.25) is 0 Å². The van der Waals surface area contributed by atoms with Crippen molar-refractivity contribution in [1.82, 2.24) is 9.97 Å². The third kappa shape index (κ3) is 7.56. The van der Waals surface area contributed by atoms with Gasteiger partial charge < -0.3 is 0 Å². The number of pyridine rings is 2. The summed E-state index contributed by atoms with van der Waals surface area (Å²) >= 11 is 0. The number of nitriles is 2. The summed E-state index contributed by atoms with van der Waals surface area (Å²) in [7, 11) is 0. The van der Waals surface area contributed by atoms with Crippen molar-refractivity contribution < 1.29 is 43.9 Å². The van der Waals surface area contributed by atoms with E-state index in [0.717, 1.165) is 6.07 Å². The maximum absolute atomic E-state index is 15.4. The molecule has 0 aliphatic rings. The summed E-state index contributed by atoms with van der Waals surface area (Å²) in [6, 6.07) is 6.70.